The van der Waals surface area contributed by atoms with Gasteiger partial charge in [-0.3, -0.25) is 0 Å². The van der Waals surface area contributed by atoms with Crippen molar-refractivity contribution >= 4 is 10.0 Å². The molecule has 0 fully saturated rings. The van der Waals surface area contributed by atoms with Crippen LogP contribution in [0.4, 0.5) is 13.2 Å². The van der Waals surface area contributed by atoms with Crippen LogP contribution in [0.1, 0.15) is 31.9 Å². The number of benzene rings is 1. The third-order valence-corrected chi connectivity index (χ3v) is 4.92. The van der Waals surface area contributed by atoms with Gasteiger partial charge >= 0.3 is 11.8 Å². The molecule has 1 N–H and O–H groups in total. The average Bonchev–Trinajstić information content (AvgIpc) is 3.04. The Labute approximate surface area is 126 Å². The van der Waals surface area contributed by atoms with Crippen molar-refractivity contribution in [1.29, 1.82) is 0 Å². The van der Waals surface area contributed by atoms with Gasteiger partial charge in [-0.2, -0.15) is 13.2 Å². The summed E-state index contributed by atoms with van der Waals surface area (Å²) in [5.74, 6) is 0. The number of nitrogens with one attached hydrogen (secondary N) is 1. The van der Waals surface area contributed by atoms with Crippen LogP contribution in [0.15, 0.2) is 33.3 Å². The van der Waals surface area contributed by atoms with Crippen LogP contribution in [-0.4, -0.2) is 20.1 Å². The minimum absolute atomic E-state index is 0.0656. The Morgan fingerprint density at radius 3 is 2.05 bits per heavy atom. The van der Waals surface area contributed by atoms with Crippen LogP contribution in [0, 0.1) is 6.92 Å². The number of alkyl halides is 3. The van der Waals surface area contributed by atoms with E-state index in [0.29, 0.717) is 0 Å². The third-order valence-electron chi connectivity index (χ3n) is 3.00. The van der Waals surface area contributed by atoms with E-state index in [1.807, 2.05) is 0 Å². The first-order chi connectivity index (χ1) is 9.79. The lowest BCUT2D eigenvalue weighted by Crippen LogP contribution is -2.40. The zero-order valence-corrected chi connectivity index (χ0v) is 13.3. The number of aryl methyl sites for hydroxylation is 1. The van der Waals surface area contributed by atoms with Gasteiger partial charge in [0.05, 0.1) is 4.90 Å². The summed E-state index contributed by atoms with van der Waals surface area (Å²) in [6.07, 6.45) is -4.64. The second-order valence-electron chi connectivity index (χ2n) is 6.21. The molecule has 0 saturated carbocycles. The SMILES string of the molecule is Cc1cc(C2(C(F)(F)F)N=N2)ccc1S(=O)(=O)NC(C)(C)C. The molecule has 0 atom stereocenters. The van der Waals surface area contributed by atoms with Crippen molar-refractivity contribution in [3.05, 3.63) is 29.3 Å². The van der Waals surface area contributed by atoms with Gasteiger partial charge in [0.25, 0.3) is 0 Å². The van der Waals surface area contributed by atoms with Crippen molar-refractivity contribution < 1.29 is 21.6 Å². The number of rotatable bonds is 3. The molecule has 22 heavy (non-hydrogen) atoms. The van der Waals surface area contributed by atoms with Crippen molar-refractivity contribution in [3.63, 3.8) is 0 Å². The maximum absolute atomic E-state index is 13.0. The summed E-state index contributed by atoms with van der Waals surface area (Å²) in [6.45, 7) is 6.46. The van der Waals surface area contributed by atoms with Crippen LogP contribution in [0.3, 0.4) is 0 Å². The van der Waals surface area contributed by atoms with E-state index in [2.05, 4.69) is 15.0 Å². The highest BCUT2D eigenvalue weighted by atomic mass is 32.2. The monoisotopic (exact) mass is 335 g/mol. The van der Waals surface area contributed by atoms with Crippen LogP contribution in [-0.2, 0) is 15.7 Å². The first-order valence-corrected chi connectivity index (χ1v) is 7.93. The van der Waals surface area contributed by atoms with Crippen molar-refractivity contribution in [2.24, 2.45) is 10.2 Å². The predicted molar refractivity (Wildman–Crippen MR) is 73.8 cm³/mol. The summed E-state index contributed by atoms with van der Waals surface area (Å²) in [5.41, 5.74) is -3.22. The Kier molecular flexibility index (Phi) is 3.65. The van der Waals surface area contributed by atoms with Crippen LogP contribution < -0.4 is 4.72 Å². The van der Waals surface area contributed by atoms with Gasteiger partial charge < -0.3 is 0 Å². The van der Waals surface area contributed by atoms with E-state index in [1.54, 1.807) is 20.8 Å². The minimum Gasteiger partial charge on any atom is -0.207 e. The fourth-order valence-electron chi connectivity index (χ4n) is 2.07. The summed E-state index contributed by atoms with van der Waals surface area (Å²) in [6, 6.07) is 3.40. The van der Waals surface area contributed by atoms with Gasteiger partial charge in [0.15, 0.2) is 0 Å². The Morgan fingerprint density at radius 2 is 1.68 bits per heavy atom. The van der Waals surface area contributed by atoms with Gasteiger partial charge in [-0.05, 0) is 45.4 Å². The van der Waals surface area contributed by atoms with Crippen LogP contribution in [0.2, 0.25) is 0 Å². The van der Waals surface area contributed by atoms with Crippen LogP contribution >= 0.6 is 0 Å². The van der Waals surface area contributed by atoms with E-state index >= 15 is 0 Å². The Hall–Kier alpha value is -1.48. The molecule has 0 spiro atoms. The average molecular weight is 335 g/mol. The summed E-state index contributed by atoms with van der Waals surface area (Å²) in [7, 11) is -3.82. The zero-order chi connectivity index (χ0) is 17.0. The molecule has 1 aliphatic rings. The summed E-state index contributed by atoms with van der Waals surface area (Å²) in [4.78, 5) is -0.0656. The van der Waals surface area contributed by atoms with Gasteiger partial charge in [-0.25, -0.2) is 13.1 Å². The molecule has 0 aromatic heterocycles. The Balaban J connectivity index is 2.41. The molecule has 0 aliphatic carbocycles. The van der Waals surface area contributed by atoms with Gasteiger partial charge in [0.2, 0.25) is 10.0 Å². The minimum atomic E-state index is -4.64. The summed E-state index contributed by atoms with van der Waals surface area (Å²) < 4.78 is 65.8. The topological polar surface area (TPSA) is 70.9 Å². The maximum Gasteiger partial charge on any atom is 0.442 e. The van der Waals surface area contributed by atoms with E-state index in [9.17, 15) is 21.6 Å². The lowest BCUT2D eigenvalue weighted by Gasteiger charge is -2.22. The Morgan fingerprint density at radius 1 is 1.14 bits per heavy atom. The fourth-order valence-corrected chi connectivity index (χ4v) is 3.71. The van der Waals surface area contributed by atoms with Gasteiger partial charge in [-0.1, -0.05) is 6.07 Å². The number of hydrogen-bond donors (Lipinski definition) is 1. The highest BCUT2D eigenvalue weighted by Crippen LogP contribution is 2.52. The van der Waals surface area contributed by atoms with Gasteiger partial charge in [-0.15, -0.1) is 10.2 Å². The van der Waals surface area contributed by atoms with E-state index < -0.39 is 27.4 Å². The van der Waals surface area contributed by atoms with Crippen molar-refractivity contribution in [2.45, 2.75) is 50.0 Å². The van der Waals surface area contributed by atoms with Crippen molar-refractivity contribution in [2.75, 3.05) is 0 Å². The van der Waals surface area contributed by atoms with Gasteiger partial charge in [0.1, 0.15) is 0 Å². The summed E-state index contributed by atoms with van der Waals surface area (Å²) in [5, 5.41) is 6.21. The predicted octanol–water partition coefficient (Wildman–Crippen LogP) is 3.25. The highest BCUT2D eigenvalue weighted by Gasteiger charge is 2.65. The second-order valence-corrected chi connectivity index (χ2v) is 7.86. The molecular weight excluding hydrogens is 319 g/mol. The first kappa shape index (κ1) is 16.9. The fraction of sp³-hybridized carbons (Fsp3) is 0.538. The van der Waals surface area contributed by atoms with E-state index in [-0.39, 0.29) is 16.0 Å². The number of hydrogen-bond acceptors (Lipinski definition) is 4. The highest BCUT2D eigenvalue weighted by molar-refractivity contribution is 7.89. The molecule has 5 nitrogen and oxygen atoms in total. The smallest absolute Gasteiger partial charge is 0.207 e. The largest absolute Gasteiger partial charge is 0.442 e. The number of sulfonamides is 1. The van der Waals surface area contributed by atoms with E-state index in [4.69, 9.17) is 0 Å². The molecule has 0 radical (unpaired) electrons. The molecule has 2 rings (SSSR count). The van der Waals surface area contributed by atoms with E-state index in [0.717, 1.165) is 18.2 Å². The molecule has 1 aromatic carbocycles. The second kappa shape index (κ2) is 4.76. The molecule has 9 heteroatoms. The summed E-state index contributed by atoms with van der Waals surface area (Å²) >= 11 is 0. The molecule has 1 heterocycles. The number of nitrogens with zero attached hydrogens (tertiary/aromatic N) is 2. The molecule has 0 saturated heterocycles. The van der Waals surface area contributed by atoms with E-state index in [1.165, 1.54) is 6.92 Å². The molecule has 0 amide bonds. The quantitative estimate of drug-likeness (QED) is 0.921. The first-order valence-electron chi connectivity index (χ1n) is 6.44. The molecular formula is C13H16F3N3O2S. The lowest BCUT2D eigenvalue weighted by molar-refractivity contribution is -0.166. The van der Waals surface area contributed by atoms with Crippen LogP contribution in [0.5, 0.6) is 0 Å². The molecule has 0 bridgehead atoms. The third kappa shape index (κ3) is 3.00. The Bertz CT molecular complexity index is 728. The molecule has 0 unspecified atom stereocenters. The van der Waals surface area contributed by atoms with Crippen molar-refractivity contribution in [1.82, 2.24) is 4.72 Å². The number of halogens is 3. The molecule has 1 aromatic rings. The molecule has 122 valence electrons. The standard InChI is InChI=1S/C13H16F3N3O2S/c1-8-7-9(12(17-18-12)13(14,15)16)5-6-10(8)22(20,21)19-11(2,3)4/h5-7,19H,1-4H3. The maximum atomic E-state index is 13.0. The van der Waals surface area contributed by atoms with Crippen LogP contribution in [0.25, 0.3) is 0 Å². The lowest BCUT2D eigenvalue weighted by atomic mass is 10.0. The zero-order valence-electron chi connectivity index (χ0n) is 12.5. The van der Waals surface area contributed by atoms with Crippen molar-refractivity contribution in [3.8, 4) is 0 Å². The molecule has 1 aliphatic heterocycles. The normalized spacial score (nSPS) is 17.6. The van der Waals surface area contributed by atoms with Gasteiger partial charge in [0, 0.05) is 11.1 Å².